The second-order valence-corrected chi connectivity index (χ2v) is 8.20. The Bertz CT molecular complexity index is 526. The molecule has 2 fully saturated rings. The van der Waals surface area contributed by atoms with E-state index in [4.69, 9.17) is 4.52 Å². The molecule has 6 nitrogen and oxygen atoms in total. The van der Waals surface area contributed by atoms with Gasteiger partial charge in [0.15, 0.2) is 5.76 Å². The second kappa shape index (κ2) is 8.62. The lowest BCUT2D eigenvalue weighted by molar-refractivity contribution is 0.106. The molecule has 0 spiro atoms. The quantitative estimate of drug-likeness (QED) is 0.776. The highest BCUT2D eigenvalue weighted by molar-refractivity contribution is 5.09. The van der Waals surface area contributed by atoms with Crippen molar-refractivity contribution in [2.75, 3.05) is 45.9 Å². The number of piperidine rings is 1. The van der Waals surface area contributed by atoms with E-state index in [0.717, 1.165) is 63.6 Å². The van der Waals surface area contributed by atoms with Gasteiger partial charge >= 0.3 is 0 Å². The SMILES string of the molecule is CC(C)c1cc(CN2C[C@@H](CN3CCC(CO)CC3)[C@@H](CO)C2)on1. The Labute approximate surface area is 150 Å². The van der Waals surface area contributed by atoms with E-state index < -0.39 is 0 Å². The molecular weight excluding hydrogens is 318 g/mol. The van der Waals surface area contributed by atoms with Crippen LogP contribution in [0.25, 0.3) is 0 Å². The predicted octanol–water partition coefficient (Wildman–Crippen LogP) is 1.54. The van der Waals surface area contributed by atoms with Crippen LogP contribution in [0.2, 0.25) is 0 Å². The standard InChI is InChI=1S/C19H33N3O3/c1-14(2)19-7-18(25-20-19)11-22-9-16(17(10-22)13-24)8-21-5-3-15(12-23)4-6-21/h7,14-17,23-24H,3-6,8-13H2,1-2H3/t16-,17-/m1/s1. The zero-order valence-electron chi connectivity index (χ0n) is 15.6. The molecule has 2 aliphatic heterocycles. The number of rotatable bonds is 7. The number of hydrogen-bond donors (Lipinski definition) is 2. The summed E-state index contributed by atoms with van der Waals surface area (Å²) in [6, 6.07) is 2.06. The van der Waals surface area contributed by atoms with E-state index in [-0.39, 0.29) is 6.61 Å². The molecule has 2 atom stereocenters. The first kappa shape index (κ1) is 18.8. The number of likely N-dealkylation sites (tertiary alicyclic amines) is 2. The van der Waals surface area contributed by atoms with Gasteiger partial charge in [0.2, 0.25) is 0 Å². The van der Waals surface area contributed by atoms with Gasteiger partial charge in [0.05, 0.1) is 12.2 Å². The predicted molar refractivity (Wildman–Crippen MR) is 96.2 cm³/mol. The molecular formula is C19H33N3O3. The van der Waals surface area contributed by atoms with E-state index in [0.29, 0.717) is 30.3 Å². The van der Waals surface area contributed by atoms with Gasteiger partial charge in [-0.15, -0.1) is 0 Å². The minimum atomic E-state index is 0.252. The topological polar surface area (TPSA) is 73.0 Å². The Hall–Kier alpha value is -0.950. The van der Waals surface area contributed by atoms with Gasteiger partial charge in [-0.1, -0.05) is 19.0 Å². The fourth-order valence-corrected chi connectivity index (χ4v) is 4.16. The van der Waals surface area contributed by atoms with Crippen LogP contribution in [0, 0.1) is 17.8 Å². The molecule has 25 heavy (non-hydrogen) atoms. The average Bonchev–Trinajstić information content (AvgIpc) is 3.23. The van der Waals surface area contributed by atoms with Gasteiger partial charge in [0.1, 0.15) is 0 Å². The van der Waals surface area contributed by atoms with Crippen LogP contribution in [-0.4, -0.2) is 71.1 Å². The lowest BCUT2D eigenvalue weighted by atomic mass is 9.93. The maximum atomic E-state index is 9.79. The first-order valence-electron chi connectivity index (χ1n) is 9.71. The van der Waals surface area contributed by atoms with E-state index in [1.54, 1.807) is 0 Å². The number of nitrogens with zero attached hydrogens (tertiary/aromatic N) is 3. The van der Waals surface area contributed by atoms with Gasteiger partial charge in [-0.25, -0.2) is 0 Å². The lowest BCUT2D eigenvalue weighted by Gasteiger charge is -2.33. The summed E-state index contributed by atoms with van der Waals surface area (Å²) in [5.74, 6) is 2.62. The van der Waals surface area contributed by atoms with Crippen LogP contribution < -0.4 is 0 Å². The van der Waals surface area contributed by atoms with Crippen LogP contribution in [-0.2, 0) is 6.54 Å². The van der Waals surface area contributed by atoms with Gasteiger partial charge in [0, 0.05) is 38.9 Å². The van der Waals surface area contributed by atoms with E-state index >= 15 is 0 Å². The minimum absolute atomic E-state index is 0.252. The average molecular weight is 351 g/mol. The summed E-state index contributed by atoms with van der Waals surface area (Å²) < 4.78 is 5.48. The highest BCUT2D eigenvalue weighted by atomic mass is 16.5. The van der Waals surface area contributed by atoms with Crippen molar-refractivity contribution in [2.45, 2.75) is 39.2 Å². The lowest BCUT2D eigenvalue weighted by Crippen LogP contribution is -2.40. The molecule has 1 aromatic heterocycles. The second-order valence-electron chi connectivity index (χ2n) is 8.20. The third-order valence-corrected chi connectivity index (χ3v) is 5.89. The third-order valence-electron chi connectivity index (χ3n) is 5.89. The summed E-state index contributed by atoms with van der Waals surface area (Å²) in [6.45, 7) is 10.7. The van der Waals surface area contributed by atoms with Gasteiger partial charge in [0.25, 0.3) is 0 Å². The summed E-state index contributed by atoms with van der Waals surface area (Å²) in [4.78, 5) is 4.89. The molecule has 2 N–H and O–H groups in total. The maximum Gasteiger partial charge on any atom is 0.150 e. The van der Waals surface area contributed by atoms with Crippen molar-refractivity contribution >= 4 is 0 Å². The van der Waals surface area contributed by atoms with Crippen LogP contribution in [0.1, 0.15) is 44.1 Å². The van der Waals surface area contributed by atoms with E-state index in [2.05, 4.69) is 34.9 Å². The van der Waals surface area contributed by atoms with Gasteiger partial charge in [-0.3, -0.25) is 4.90 Å². The monoisotopic (exact) mass is 351 g/mol. The molecule has 0 aliphatic carbocycles. The summed E-state index contributed by atoms with van der Waals surface area (Å²) in [5, 5.41) is 23.2. The number of aromatic nitrogens is 1. The molecule has 0 aromatic carbocycles. The molecule has 0 bridgehead atoms. The van der Waals surface area contributed by atoms with Crippen molar-refractivity contribution in [2.24, 2.45) is 17.8 Å². The molecule has 142 valence electrons. The number of hydrogen-bond acceptors (Lipinski definition) is 6. The molecule has 0 amide bonds. The zero-order valence-corrected chi connectivity index (χ0v) is 15.6. The Morgan fingerprint density at radius 2 is 1.84 bits per heavy atom. The van der Waals surface area contributed by atoms with Gasteiger partial charge < -0.3 is 19.6 Å². The van der Waals surface area contributed by atoms with Crippen LogP contribution >= 0.6 is 0 Å². The summed E-state index contributed by atoms with van der Waals surface area (Å²) in [6.07, 6.45) is 2.18. The molecule has 2 saturated heterocycles. The van der Waals surface area contributed by atoms with Crippen molar-refractivity contribution in [3.05, 3.63) is 17.5 Å². The summed E-state index contributed by atoms with van der Waals surface area (Å²) >= 11 is 0. The van der Waals surface area contributed by atoms with Crippen LogP contribution in [0.5, 0.6) is 0 Å². The Morgan fingerprint density at radius 1 is 1.12 bits per heavy atom. The smallest absolute Gasteiger partial charge is 0.150 e. The Balaban J connectivity index is 1.51. The van der Waals surface area contributed by atoms with Crippen molar-refractivity contribution in [1.82, 2.24) is 15.0 Å². The molecule has 0 unspecified atom stereocenters. The third kappa shape index (κ3) is 4.82. The summed E-state index contributed by atoms with van der Waals surface area (Å²) in [5.41, 5.74) is 1.01. The number of aliphatic hydroxyl groups is 2. The first-order valence-corrected chi connectivity index (χ1v) is 9.71. The van der Waals surface area contributed by atoms with E-state index in [1.807, 2.05) is 0 Å². The maximum absolute atomic E-state index is 9.79. The van der Waals surface area contributed by atoms with Gasteiger partial charge in [-0.05, 0) is 49.6 Å². The highest BCUT2D eigenvalue weighted by Gasteiger charge is 2.34. The van der Waals surface area contributed by atoms with E-state index in [1.165, 1.54) is 0 Å². The first-order chi connectivity index (χ1) is 12.1. The molecule has 2 aliphatic rings. The van der Waals surface area contributed by atoms with Gasteiger partial charge in [-0.2, -0.15) is 0 Å². The van der Waals surface area contributed by atoms with E-state index in [9.17, 15) is 10.2 Å². The number of aliphatic hydroxyl groups excluding tert-OH is 2. The molecule has 3 rings (SSSR count). The van der Waals surface area contributed by atoms with Crippen molar-refractivity contribution in [3.8, 4) is 0 Å². The Kier molecular flexibility index (Phi) is 6.49. The van der Waals surface area contributed by atoms with Crippen molar-refractivity contribution in [3.63, 3.8) is 0 Å². The van der Waals surface area contributed by atoms with Crippen LogP contribution in [0.3, 0.4) is 0 Å². The fourth-order valence-electron chi connectivity index (χ4n) is 4.16. The normalized spacial score (nSPS) is 26.8. The fraction of sp³-hybridized carbons (Fsp3) is 0.842. The van der Waals surface area contributed by atoms with Crippen molar-refractivity contribution in [1.29, 1.82) is 0 Å². The zero-order chi connectivity index (χ0) is 17.8. The minimum Gasteiger partial charge on any atom is -0.396 e. The molecule has 6 heteroatoms. The molecule has 3 heterocycles. The molecule has 1 aromatic rings. The molecule has 0 saturated carbocycles. The Morgan fingerprint density at radius 3 is 2.44 bits per heavy atom. The van der Waals surface area contributed by atoms with Crippen LogP contribution in [0.4, 0.5) is 0 Å². The highest BCUT2D eigenvalue weighted by Crippen LogP contribution is 2.28. The largest absolute Gasteiger partial charge is 0.396 e. The molecule has 0 radical (unpaired) electrons. The van der Waals surface area contributed by atoms with Crippen molar-refractivity contribution < 1.29 is 14.7 Å². The van der Waals surface area contributed by atoms with Crippen LogP contribution in [0.15, 0.2) is 10.6 Å². The summed E-state index contributed by atoms with van der Waals surface area (Å²) in [7, 11) is 0.